The molecule has 3 rings (SSSR count). The Labute approximate surface area is 165 Å². The van der Waals surface area contributed by atoms with Gasteiger partial charge in [0.05, 0.1) is 10.6 Å². The number of nitrogens with two attached hydrogens (primary N) is 1. The first-order valence-corrected chi connectivity index (χ1v) is 9.92. The molecule has 0 radical (unpaired) electrons. The third-order valence-corrected chi connectivity index (χ3v) is 5.97. The van der Waals surface area contributed by atoms with Gasteiger partial charge in [0.25, 0.3) is 10.0 Å². The molecule has 6 nitrogen and oxygen atoms in total. The molecule has 0 atom stereocenters. The Morgan fingerprint density at radius 1 is 1.08 bits per heavy atom. The van der Waals surface area contributed by atoms with Crippen LogP contribution in [0.3, 0.4) is 0 Å². The fourth-order valence-electron chi connectivity index (χ4n) is 2.84. The Bertz CT molecular complexity index is 840. The van der Waals surface area contributed by atoms with Crippen molar-refractivity contribution < 1.29 is 8.42 Å². The van der Waals surface area contributed by atoms with E-state index >= 15 is 0 Å². The topological polar surface area (TPSA) is 78.7 Å². The maximum atomic E-state index is 13.4. The zero-order valence-electron chi connectivity index (χ0n) is 14.1. The second-order valence-electron chi connectivity index (χ2n) is 5.86. The van der Waals surface area contributed by atoms with E-state index < -0.39 is 10.0 Å². The van der Waals surface area contributed by atoms with Crippen LogP contribution in [-0.4, -0.2) is 39.6 Å². The fourth-order valence-corrected chi connectivity index (χ4v) is 4.62. The Balaban J connectivity index is 0.00000243. The van der Waals surface area contributed by atoms with E-state index in [2.05, 4.69) is 5.32 Å². The number of nitrogens with zero attached hydrogens (tertiary/aromatic N) is 2. The number of hydrogen-bond donors (Lipinski definition) is 2. The Morgan fingerprint density at radius 3 is 2.58 bits per heavy atom. The minimum atomic E-state index is -3.82. The van der Waals surface area contributed by atoms with E-state index in [4.69, 9.17) is 17.3 Å². The molecule has 9 heteroatoms. The Hall–Kier alpha value is -1.51. The summed E-state index contributed by atoms with van der Waals surface area (Å²) in [5.41, 5.74) is 6.71. The average Bonchev–Trinajstić information content (AvgIpc) is 2.84. The van der Waals surface area contributed by atoms with Crippen LogP contribution in [0.25, 0.3) is 0 Å². The number of anilines is 2. The molecule has 1 heterocycles. The lowest BCUT2D eigenvalue weighted by Crippen LogP contribution is -2.48. The molecule has 0 aromatic heterocycles. The second kappa shape index (κ2) is 8.92. The van der Waals surface area contributed by atoms with Crippen molar-refractivity contribution in [3.63, 3.8) is 0 Å². The number of nitrogen functional groups attached to an aromatic ring is 1. The lowest BCUT2D eigenvalue weighted by molar-refractivity contribution is 0.307. The van der Waals surface area contributed by atoms with Gasteiger partial charge in [0.1, 0.15) is 0 Å². The molecule has 1 fully saturated rings. The number of sulfonamides is 1. The van der Waals surface area contributed by atoms with Crippen LogP contribution in [-0.2, 0) is 10.0 Å². The summed E-state index contributed by atoms with van der Waals surface area (Å²) in [5, 5.41) is 5.61. The van der Waals surface area contributed by atoms with Crippen molar-refractivity contribution in [3.05, 3.63) is 53.6 Å². The first kappa shape index (κ1) is 20.8. The van der Waals surface area contributed by atoms with Gasteiger partial charge in [0, 0.05) is 30.3 Å². The number of nitrogens with one attached hydrogen (secondary N) is 1. The second-order valence-corrected chi connectivity index (χ2v) is 8.06. The van der Waals surface area contributed by atoms with Crippen LogP contribution in [0.15, 0.2) is 53.4 Å². The van der Waals surface area contributed by atoms with Crippen LogP contribution in [0.1, 0.15) is 6.42 Å². The van der Waals surface area contributed by atoms with E-state index in [1.165, 1.54) is 10.5 Å². The van der Waals surface area contributed by atoms with Crippen molar-refractivity contribution in [1.82, 2.24) is 10.3 Å². The molecular weight excluding hydrogens is 395 g/mol. The van der Waals surface area contributed by atoms with Crippen molar-refractivity contribution in [2.45, 2.75) is 11.3 Å². The monoisotopic (exact) mass is 416 g/mol. The van der Waals surface area contributed by atoms with Gasteiger partial charge in [-0.25, -0.2) is 5.01 Å². The van der Waals surface area contributed by atoms with Gasteiger partial charge in [-0.05, 0) is 49.4 Å². The fraction of sp³-hybridized carbons (Fsp3) is 0.294. The molecule has 0 saturated carbocycles. The van der Waals surface area contributed by atoms with Gasteiger partial charge in [0.2, 0.25) is 0 Å². The van der Waals surface area contributed by atoms with Gasteiger partial charge < -0.3 is 11.1 Å². The van der Waals surface area contributed by atoms with E-state index in [1.807, 2.05) is 5.01 Å². The van der Waals surface area contributed by atoms with Crippen molar-refractivity contribution in [2.75, 3.05) is 36.3 Å². The third kappa shape index (κ3) is 4.61. The van der Waals surface area contributed by atoms with Crippen LogP contribution in [0, 0.1) is 0 Å². The van der Waals surface area contributed by atoms with E-state index in [-0.39, 0.29) is 17.3 Å². The van der Waals surface area contributed by atoms with E-state index in [0.29, 0.717) is 36.0 Å². The summed E-state index contributed by atoms with van der Waals surface area (Å²) in [5.74, 6) is 0. The number of hydrazine groups is 1. The molecule has 1 aliphatic rings. The van der Waals surface area contributed by atoms with Crippen LogP contribution in [0.4, 0.5) is 11.4 Å². The van der Waals surface area contributed by atoms with Crippen molar-refractivity contribution in [3.8, 4) is 0 Å². The molecule has 0 amide bonds. The van der Waals surface area contributed by atoms with Gasteiger partial charge in [-0.1, -0.05) is 23.7 Å². The largest absolute Gasteiger partial charge is 0.399 e. The summed E-state index contributed by atoms with van der Waals surface area (Å²) < 4.78 is 28.1. The molecule has 1 aliphatic heterocycles. The van der Waals surface area contributed by atoms with Gasteiger partial charge in [-0.3, -0.25) is 0 Å². The zero-order valence-corrected chi connectivity index (χ0v) is 16.5. The first-order valence-electron chi connectivity index (χ1n) is 8.10. The quantitative estimate of drug-likeness (QED) is 0.748. The predicted octanol–water partition coefficient (Wildman–Crippen LogP) is 2.75. The molecule has 0 aliphatic carbocycles. The van der Waals surface area contributed by atoms with Crippen molar-refractivity contribution in [1.29, 1.82) is 0 Å². The minimum absolute atomic E-state index is 0. The molecule has 2 aromatic rings. The zero-order chi connectivity index (χ0) is 17.9. The molecule has 0 bridgehead atoms. The highest BCUT2D eigenvalue weighted by molar-refractivity contribution is 7.92. The summed E-state index contributed by atoms with van der Waals surface area (Å²) in [4.78, 5) is 0.157. The predicted molar refractivity (Wildman–Crippen MR) is 108 cm³/mol. The molecule has 142 valence electrons. The summed E-state index contributed by atoms with van der Waals surface area (Å²) in [6.07, 6.45) is 0.851. The Kier molecular flexibility index (Phi) is 7.14. The number of hydrogen-bond acceptors (Lipinski definition) is 5. The SMILES string of the molecule is Cl.Nc1cccc(S(=O)(=O)N(c2cccc(Cl)c2)N2CCCNCC2)c1. The number of rotatable bonds is 4. The van der Waals surface area contributed by atoms with Gasteiger partial charge >= 0.3 is 0 Å². The normalized spacial score (nSPS) is 15.7. The Morgan fingerprint density at radius 2 is 1.85 bits per heavy atom. The van der Waals surface area contributed by atoms with Crippen molar-refractivity contribution in [2.24, 2.45) is 0 Å². The maximum absolute atomic E-state index is 13.4. The number of halogens is 2. The highest BCUT2D eigenvalue weighted by Crippen LogP contribution is 2.29. The van der Waals surface area contributed by atoms with Gasteiger partial charge in [0.15, 0.2) is 0 Å². The molecule has 2 aromatic carbocycles. The lowest BCUT2D eigenvalue weighted by atomic mass is 10.3. The molecule has 0 spiro atoms. The van der Waals surface area contributed by atoms with Crippen LogP contribution in [0.5, 0.6) is 0 Å². The third-order valence-electron chi connectivity index (χ3n) is 3.99. The molecular formula is C17H22Cl2N4O2S. The molecule has 3 N–H and O–H groups in total. The smallest absolute Gasteiger partial charge is 0.278 e. The first-order chi connectivity index (χ1) is 12.0. The molecule has 26 heavy (non-hydrogen) atoms. The highest BCUT2D eigenvalue weighted by atomic mass is 35.5. The van der Waals surface area contributed by atoms with Crippen LogP contribution < -0.4 is 15.5 Å². The van der Waals surface area contributed by atoms with E-state index in [9.17, 15) is 8.42 Å². The molecule has 1 saturated heterocycles. The average molecular weight is 417 g/mol. The molecule has 0 unspecified atom stereocenters. The van der Waals surface area contributed by atoms with Gasteiger partial charge in [-0.15, -0.1) is 12.4 Å². The number of benzene rings is 2. The van der Waals surface area contributed by atoms with Crippen LogP contribution >= 0.6 is 24.0 Å². The standard InChI is InChI=1S/C17H21ClN4O2S.ClH/c18-14-4-1-6-16(12-14)22(21-10-3-8-20-9-11-21)25(23,24)17-7-2-5-15(19)13-17;/h1-2,4-7,12-13,20H,3,8-11,19H2;1H. The van der Waals surface area contributed by atoms with E-state index in [1.54, 1.807) is 42.5 Å². The summed E-state index contributed by atoms with van der Waals surface area (Å²) >= 11 is 6.11. The van der Waals surface area contributed by atoms with E-state index in [0.717, 1.165) is 13.0 Å². The van der Waals surface area contributed by atoms with Crippen LogP contribution in [0.2, 0.25) is 5.02 Å². The lowest BCUT2D eigenvalue weighted by Gasteiger charge is -2.34. The van der Waals surface area contributed by atoms with Gasteiger partial charge in [-0.2, -0.15) is 12.8 Å². The highest BCUT2D eigenvalue weighted by Gasteiger charge is 2.31. The summed E-state index contributed by atoms with van der Waals surface area (Å²) in [6, 6.07) is 13.2. The summed E-state index contributed by atoms with van der Waals surface area (Å²) in [7, 11) is -3.82. The summed E-state index contributed by atoms with van der Waals surface area (Å²) in [6.45, 7) is 2.77. The minimum Gasteiger partial charge on any atom is -0.399 e. The maximum Gasteiger partial charge on any atom is 0.278 e. The van der Waals surface area contributed by atoms with Crippen molar-refractivity contribution >= 4 is 45.4 Å².